The van der Waals surface area contributed by atoms with Crippen LogP contribution >= 0.6 is 11.6 Å². The zero-order valence-electron chi connectivity index (χ0n) is 14.8. The minimum Gasteiger partial charge on any atom is -0.348 e. The van der Waals surface area contributed by atoms with Crippen LogP contribution in [-0.2, 0) is 7.05 Å². The average Bonchev–Trinajstić information content (AvgIpc) is 2.71. The Kier molecular flexibility index (Phi) is 4.53. The van der Waals surface area contributed by atoms with Crippen LogP contribution in [-0.4, -0.2) is 51.5 Å². The average molecular weight is 384 g/mol. The fraction of sp³-hybridized carbons (Fsp3) is 0.263. The molecule has 1 amide bonds. The Hall–Kier alpha value is -2.93. The first kappa shape index (κ1) is 17.5. The van der Waals surface area contributed by atoms with Crippen molar-refractivity contribution >= 4 is 34.4 Å². The van der Waals surface area contributed by atoms with E-state index in [1.165, 1.54) is 0 Å². The summed E-state index contributed by atoms with van der Waals surface area (Å²) in [4.78, 5) is 37.7. The van der Waals surface area contributed by atoms with Crippen LogP contribution in [0.15, 0.2) is 47.5 Å². The molecule has 0 radical (unpaired) electrons. The van der Waals surface area contributed by atoms with E-state index >= 15 is 0 Å². The van der Waals surface area contributed by atoms with Gasteiger partial charge in [-0.2, -0.15) is 0 Å². The largest absolute Gasteiger partial charge is 0.348 e. The molecule has 7 nitrogen and oxygen atoms in total. The molecule has 0 unspecified atom stereocenters. The van der Waals surface area contributed by atoms with Crippen LogP contribution in [0.1, 0.15) is 10.4 Å². The lowest BCUT2D eigenvalue weighted by Gasteiger charge is -2.35. The number of anilines is 1. The number of rotatable bonds is 2. The first-order valence-electron chi connectivity index (χ1n) is 8.66. The van der Waals surface area contributed by atoms with Gasteiger partial charge < -0.3 is 14.4 Å². The lowest BCUT2D eigenvalue weighted by molar-refractivity contribution is 0.0746. The Morgan fingerprint density at radius 1 is 1.11 bits per heavy atom. The highest BCUT2D eigenvalue weighted by molar-refractivity contribution is 6.33. The lowest BCUT2D eigenvalue weighted by atomic mass is 10.2. The first-order valence-corrected chi connectivity index (χ1v) is 9.03. The van der Waals surface area contributed by atoms with Gasteiger partial charge in [-0.15, -0.1) is 0 Å². The van der Waals surface area contributed by atoms with E-state index < -0.39 is 0 Å². The van der Waals surface area contributed by atoms with Crippen LogP contribution in [0.5, 0.6) is 0 Å². The number of nitrogens with zero attached hydrogens (tertiary/aromatic N) is 5. The van der Waals surface area contributed by atoms with Crippen molar-refractivity contribution in [1.82, 2.24) is 19.4 Å². The molecule has 138 valence electrons. The topological polar surface area (TPSA) is 71.3 Å². The van der Waals surface area contributed by atoms with Crippen LogP contribution in [0.25, 0.3) is 11.0 Å². The maximum absolute atomic E-state index is 12.7. The van der Waals surface area contributed by atoms with Crippen LogP contribution in [0.2, 0.25) is 5.02 Å². The molecular formula is C19H18ClN5O2. The van der Waals surface area contributed by atoms with E-state index in [2.05, 4.69) is 9.97 Å². The van der Waals surface area contributed by atoms with Crippen LogP contribution < -0.4 is 10.5 Å². The number of benzene rings is 1. The first-order chi connectivity index (χ1) is 13.1. The van der Waals surface area contributed by atoms with Gasteiger partial charge in [-0.1, -0.05) is 23.7 Å². The highest BCUT2D eigenvalue weighted by Gasteiger charge is 2.26. The van der Waals surface area contributed by atoms with Gasteiger partial charge in [-0.05, 0) is 18.2 Å². The van der Waals surface area contributed by atoms with E-state index in [1.807, 2.05) is 4.90 Å². The second-order valence-corrected chi connectivity index (χ2v) is 6.83. The Morgan fingerprint density at radius 3 is 2.59 bits per heavy atom. The Labute approximate surface area is 160 Å². The highest BCUT2D eigenvalue weighted by Crippen LogP contribution is 2.19. The monoisotopic (exact) mass is 383 g/mol. The number of piperazine rings is 1. The molecule has 1 aromatic carbocycles. The van der Waals surface area contributed by atoms with E-state index in [9.17, 15) is 9.59 Å². The summed E-state index contributed by atoms with van der Waals surface area (Å²) < 4.78 is 1.56. The molecule has 0 spiro atoms. The van der Waals surface area contributed by atoms with Crippen molar-refractivity contribution in [3.8, 4) is 0 Å². The van der Waals surface area contributed by atoms with Gasteiger partial charge in [-0.25, -0.2) is 4.98 Å². The van der Waals surface area contributed by atoms with Crippen LogP contribution in [0.3, 0.4) is 0 Å². The number of pyridine rings is 1. The van der Waals surface area contributed by atoms with Gasteiger partial charge in [0.05, 0.1) is 27.8 Å². The summed E-state index contributed by atoms with van der Waals surface area (Å²) >= 11 is 6.14. The zero-order valence-corrected chi connectivity index (χ0v) is 15.6. The summed E-state index contributed by atoms with van der Waals surface area (Å²) in [5, 5.41) is 0.448. The molecule has 0 atom stereocenters. The zero-order chi connectivity index (χ0) is 19.0. The van der Waals surface area contributed by atoms with E-state index in [0.29, 0.717) is 48.1 Å². The summed E-state index contributed by atoms with van der Waals surface area (Å²) in [5.41, 5.74) is 1.75. The molecule has 0 aliphatic carbocycles. The summed E-state index contributed by atoms with van der Waals surface area (Å²) in [5.74, 6) is 0.312. The molecule has 1 aliphatic rings. The Balaban J connectivity index is 1.56. The van der Waals surface area contributed by atoms with Crippen molar-refractivity contribution in [3.63, 3.8) is 0 Å². The summed E-state index contributed by atoms with van der Waals surface area (Å²) in [7, 11) is 1.72. The van der Waals surface area contributed by atoms with Gasteiger partial charge in [-0.3, -0.25) is 14.6 Å². The molecule has 1 aliphatic heterocycles. The van der Waals surface area contributed by atoms with Gasteiger partial charge in [0, 0.05) is 39.4 Å². The lowest BCUT2D eigenvalue weighted by Crippen LogP contribution is -2.50. The Bertz CT molecular complexity index is 1070. The maximum Gasteiger partial charge on any atom is 0.293 e. The smallest absolute Gasteiger partial charge is 0.293 e. The second-order valence-electron chi connectivity index (χ2n) is 6.42. The van der Waals surface area contributed by atoms with Gasteiger partial charge in [0.1, 0.15) is 0 Å². The molecule has 3 heterocycles. The second kappa shape index (κ2) is 7.00. The third-order valence-electron chi connectivity index (χ3n) is 4.83. The van der Waals surface area contributed by atoms with Crippen molar-refractivity contribution < 1.29 is 4.79 Å². The third kappa shape index (κ3) is 3.14. The number of aromatic nitrogens is 3. The predicted octanol–water partition coefficient (Wildman–Crippen LogP) is 1.94. The number of aryl methyl sites for hydroxylation is 1. The molecule has 0 saturated carbocycles. The number of carbonyl (C=O) groups is 1. The fourth-order valence-electron chi connectivity index (χ4n) is 3.29. The van der Waals surface area contributed by atoms with E-state index in [0.717, 1.165) is 5.52 Å². The third-order valence-corrected chi connectivity index (χ3v) is 5.16. The van der Waals surface area contributed by atoms with Gasteiger partial charge in [0.25, 0.3) is 11.5 Å². The fourth-order valence-corrected chi connectivity index (χ4v) is 3.50. The maximum atomic E-state index is 12.7. The molecule has 0 N–H and O–H groups in total. The number of carbonyl (C=O) groups excluding carboxylic acids is 1. The molecule has 2 aromatic heterocycles. The SMILES string of the molecule is Cn1c(=O)c(N2CCN(C(=O)c3ccccc3Cl)CC2)nc2ccncc21. The summed E-state index contributed by atoms with van der Waals surface area (Å²) in [6.45, 7) is 2.08. The normalized spacial score (nSPS) is 14.6. The van der Waals surface area contributed by atoms with Crippen molar-refractivity contribution in [2.75, 3.05) is 31.1 Å². The summed E-state index contributed by atoms with van der Waals surface area (Å²) in [6.07, 6.45) is 3.29. The van der Waals surface area contributed by atoms with Gasteiger partial charge in [0.2, 0.25) is 0 Å². The highest BCUT2D eigenvalue weighted by atomic mass is 35.5. The predicted molar refractivity (Wildman–Crippen MR) is 104 cm³/mol. The van der Waals surface area contributed by atoms with Crippen LogP contribution in [0.4, 0.5) is 5.82 Å². The molecular weight excluding hydrogens is 366 g/mol. The molecule has 1 fully saturated rings. The van der Waals surface area contributed by atoms with Crippen molar-refractivity contribution in [3.05, 3.63) is 63.7 Å². The quantitative estimate of drug-likeness (QED) is 0.676. The van der Waals surface area contributed by atoms with Gasteiger partial charge in [0.15, 0.2) is 5.82 Å². The minimum atomic E-state index is -0.165. The molecule has 0 bridgehead atoms. The minimum absolute atomic E-state index is 0.0919. The molecule has 27 heavy (non-hydrogen) atoms. The number of fused-ring (bicyclic) bond motifs is 1. The number of amides is 1. The van der Waals surface area contributed by atoms with Crippen molar-refractivity contribution in [2.24, 2.45) is 7.05 Å². The molecule has 8 heteroatoms. The Morgan fingerprint density at radius 2 is 1.85 bits per heavy atom. The van der Waals surface area contributed by atoms with Crippen molar-refractivity contribution in [1.29, 1.82) is 0 Å². The van der Waals surface area contributed by atoms with E-state index in [4.69, 9.17) is 11.6 Å². The molecule has 4 rings (SSSR count). The molecule has 3 aromatic rings. The number of hydrogen-bond donors (Lipinski definition) is 0. The van der Waals surface area contributed by atoms with E-state index in [-0.39, 0.29) is 11.5 Å². The number of halogens is 1. The standard InChI is InChI=1S/C19H18ClN5O2/c1-23-16-12-21-7-6-15(16)22-17(19(23)27)24-8-10-25(11-9-24)18(26)13-4-2-3-5-14(13)20/h2-7,12H,8-11H2,1H3. The number of hydrogen-bond acceptors (Lipinski definition) is 5. The summed E-state index contributed by atoms with van der Waals surface area (Å²) in [6, 6.07) is 8.82. The van der Waals surface area contributed by atoms with Crippen LogP contribution in [0, 0.1) is 0 Å². The van der Waals surface area contributed by atoms with E-state index in [1.54, 1.807) is 59.2 Å². The van der Waals surface area contributed by atoms with Crippen molar-refractivity contribution in [2.45, 2.75) is 0 Å². The van der Waals surface area contributed by atoms with Gasteiger partial charge >= 0.3 is 0 Å². The molecule has 1 saturated heterocycles.